The van der Waals surface area contributed by atoms with Gasteiger partial charge in [0.1, 0.15) is 0 Å². The first-order valence-corrected chi connectivity index (χ1v) is 10.6. The van der Waals surface area contributed by atoms with Crippen molar-refractivity contribution in [1.82, 2.24) is 10.4 Å². The number of fused-ring (bicyclic) bond motifs is 3. The fraction of sp³-hybridized carbons (Fsp3) is 0.333. The standard InChI is InChI=1S/C24H27N3O3/c1-3-29-22-12-9-16(13-23(22)30-4-2)15-25-27-24(28)17-10-11-21-19(14-17)18-7-5-6-8-20(18)26-21/h9-15,26H,3-8H2,1-2H3,(H,27,28)/b25-15-. The van der Waals surface area contributed by atoms with E-state index in [1.54, 1.807) is 6.21 Å². The molecule has 0 atom stereocenters. The molecule has 1 aromatic heterocycles. The summed E-state index contributed by atoms with van der Waals surface area (Å²) in [6.07, 6.45) is 6.18. The Kier molecular flexibility index (Phi) is 6.02. The highest BCUT2D eigenvalue weighted by Gasteiger charge is 2.16. The number of hydrogen-bond acceptors (Lipinski definition) is 4. The summed E-state index contributed by atoms with van der Waals surface area (Å²) in [7, 11) is 0. The molecule has 1 aliphatic rings. The zero-order chi connectivity index (χ0) is 20.9. The summed E-state index contributed by atoms with van der Waals surface area (Å²) in [5.74, 6) is 1.14. The van der Waals surface area contributed by atoms with E-state index in [0.717, 1.165) is 29.3 Å². The van der Waals surface area contributed by atoms with Crippen molar-refractivity contribution in [3.05, 3.63) is 58.8 Å². The maximum atomic E-state index is 12.6. The van der Waals surface area contributed by atoms with Crippen LogP contribution in [0.1, 0.15) is 53.9 Å². The lowest BCUT2D eigenvalue weighted by atomic mass is 9.95. The highest BCUT2D eigenvalue weighted by atomic mass is 16.5. The number of hydrogen-bond donors (Lipinski definition) is 2. The van der Waals surface area contributed by atoms with Gasteiger partial charge in [-0.15, -0.1) is 0 Å². The molecule has 0 bridgehead atoms. The van der Waals surface area contributed by atoms with Gasteiger partial charge in [0.25, 0.3) is 5.91 Å². The summed E-state index contributed by atoms with van der Waals surface area (Å²) < 4.78 is 11.2. The number of amides is 1. The number of carbonyl (C=O) groups excluding carboxylic acids is 1. The molecular formula is C24H27N3O3. The molecule has 6 nitrogen and oxygen atoms in total. The molecule has 1 heterocycles. The van der Waals surface area contributed by atoms with E-state index < -0.39 is 0 Å². The number of aromatic nitrogens is 1. The van der Waals surface area contributed by atoms with Crippen LogP contribution in [-0.2, 0) is 12.8 Å². The van der Waals surface area contributed by atoms with Gasteiger partial charge in [0.2, 0.25) is 0 Å². The number of rotatable bonds is 7. The van der Waals surface area contributed by atoms with E-state index in [4.69, 9.17) is 9.47 Å². The average Bonchev–Trinajstić information content (AvgIpc) is 3.13. The SMILES string of the molecule is CCOc1ccc(/C=N\NC(=O)c2ccc3[nH]c4c(c3c2)CCCC4)cc1OCC. The average molecular weight is 405 g/mol. The Morgan fingerprint density at radius 1 is 1.07 bits per heavy atom. The lowest BCUT2D eigenvalue weighted by Crippen LogP contribution is -2.17. The number of nitrogens with one attached hydrogen (secondary N) is 2. The molecule has 0 saturated carbocycles. The summed E-state index contributed by atoms with van der Waals surface area (Å²) in [6, 6.07) is 11.3. The van der Waals surface area contributed by atoms with E-state index in [0.29, 0.717) is 30.3 Å². The third-order valence-corrected chi connectivity index (χ3v) is 5.31. The molecule has 6 heteroatoms. The Bertz CT molecular complexity index is 1080. The molecule has 30 heavy (non-hydrogen) atoms. The summed E-state index contributed by atoms with van der Waals surface area (Å²) in [4.78, 5) is 16.1. The van der Waals surface area contributed by atoms with E-state index in [-0.39, 0.29) is 5.91 Å². The first kappa shape index (κ1) is 20.0. The maximum Gasteiger partial charge on any atom is 0.271 e. The first-order valence-electron chi connectivity index (χ1n) is 10.6. The van der Waals surface area contributed by atoms with E-state index in [1.807, 2.05) is 50.2 Å². The quantitative estimate of drug-likeness (QED) is 0.445. The van der Waals surface area contributed by atoms with Crippen molar-refractivity contribution in [2.45, 2.75) is 39.5 Å². The monoisotopic (exact) mass is 405 g/mol. The highest BCUT2D eigenvalue weighted by Crippen LogP contribution is 2.30. The van der Waals surface area contributed by atoms with Gasteiger partial charge in [-0.1, -0.05) is 0 Å². The lowest BCUT2D eigenvalue weighted by Gasteiger charge is -2.11. The maximum absolute atomic E-state index is 12.6. The molecule has 2 aromatic carbocycles. The van der Waals surface area contributed by atoms with Crippen molar-refractivity contribution in [2.75, 3.05) is 13.2 Å². The molecular weight excluding hydrogens is 378 g/mol. The van der Waals surface area contributed by atoms with Crippen molar-refractivity contribution in [1.29, 1.82) is 0 Å². The van der Waals surface area contributed by atoms with Gasteiger partial charge in [-0.25, -0.2) is 5.43 Å². The predicted octanol–water partition coefficient (Wildman–Crippen LogP) is 4.61. The molecule has 4 rings (SSSR count). The minimum absolute atomic E-state index is 0.227. The molecule has 0 aliphatic heterocycles. The fourth-order valence-corrected chi connectivity index (χ4v) is 3.93. The van der Waals surface area contributed by atoms with Crippen LogP contribution in [0.2, 0.25) is 0 Å². The largest absolute Gasteiger partial charge is 0.490 e. The number of hydrazone groups is 1. The normalized spacial score (nSPS) is 13.4. The second-order valence-electron chi connectivity index (χ2n) is 7.32. The lowest BCUT2D eigenvalue weighted by molar-refractivity contribution is 0.0955. The van der Waals surface area contributed by atoms with Crippen LogP contribution in [0.4, 0.5) is 0 Å². The van der Waals surface area contributed by atoms with Crippen molar-refractivity contribution >= 4 is 23.0 Å². The molecule has 0 spiro atoms. The summed E-state index contributed by atoms with van der Waals surface area (Å²) in [5, 5.41) is 5.27. The Labute approximate surface area is 176 Å². The van der Waals surface area contributed by atoms with Crippen LogP contribution < -0.4 is 14.9 Å². The Morgan fingerprint density at radius 3 is 2.70 bits per heavy atom. The molecule has 0 fully saturated rings. The van der Waals surface area contributed by atoms with Crippen molar-refractivity contribution in [3.8, 4) is 11.5 Å². The zero-order valence-electron chi connectivity index (χ0n) is 17.5. The topological polar surface area (TPSA) is 75.7 Å². The molecule has 3 aromatic rings. The van der Waals surface area contributed by atoms with E-state index in [1.165, 1.54) is 24.1 Å². The van der Waals surface area contributed by atoms with E-state index in [2.05, 4.69) is 15.5 Å². The Hall–Kier alpha value is -3.28. The van der Waals surface area contributed by atoms with Crippen LogP contribution in [0, 0.1) is 0 Å². The molecule has 0 saturated heterocycles. The smallest absolute Gasteiger partial charge is 0.271 e. The van der Waals surface area contributed by atoms with Crippen LogP contribution >= 0.6 is 0 Å². The molecule has 1 amide bonds. The van der Waals surface area contributed by atoms with Crippen molar-refractivity contribution in [3.63, 3.8) is 0 Å². The predicted molar refractivity (Wildman–Crippen MR) is 119 cm³/mol. The van der Waals surface area contributed by atoms with Gasteiger partial charge in [-0.05, 0) is 87.1 Å². The van der Waals surface area contributed by atoms with Crippen LogP contribution in [0.25, 0.3) is 10.9 Å². The van der Waals surface area contributed by atoms with Gasteiger partial charge >= 0.3 is 0 Å². The third kappa shape index (κ3) is 4.17. The number of aromatic amines is 1. The van der Waals surface area contributed by atoms with Gasteiger partial charge in [0.05, 0.1) is 19.4 Å². The number of ether oxygens (including phenoxy) is 2. The number of benzene rings is 2. The molecule has 156 valence electrons. The minimum atomic E-state index is -0.227. The number of H-pyrrole nitrogens is 1. The number of carbonyl (C=O) groups is 1. The molecule has 0 radical (unpaired) electrons. The van der Waals surface area contributed by atoms with E-state index >= 15 is 0 Å². The molecule has 0 unspecified atom stereocenters. The number of nitrogens with zero attached hydrogens (tertiary/aromatic N) is 1. The second kappa shape index (κ2) is 9.03. The van der Waals surface area contributed by atoms with Gasteiger partial charge < -0.3 is 14.5 Å². The second-order valence-corrected chi connectivity index (χ2v) is 7.32. The molecule has 2 N–H and O–H groups in total. The third-order valence-electron chi connectivity index (χ3n) is 5.31. The van der Waals surface area contributed by atoms with Crippen LogP contribution in [-0.4, -0.2) is 30.3 Å². The number of aryl methyl sites for hydroxylation is 2. The van der Waals surface area contributed by atoms with Crippen LogP contribution in [0.15, 0.2) is 41.5 Å². The van der Waals surface area contributed by atoms with Crippen molar-refractivity contribution < 1.29 is 14.3 Å². The van der Waals surface area contributed by atoms with Gasteiger partial charge in [-0.3, -0.25) is 4.79 Å². The van der Waals surface area contributed by atoms with Crippen LogP contribution in [0.5, 0.6) is 11.5 Å². The Balaban J connectivity index is 1.48. The van der Waals surface area contributed by atoms with Gasteiger partial charge in [0.15, 0.2) is 11.5 Å². The molecule has 1 aliphatic carbocycles. The summed E-state index contributed by atoms with van der Waals surface area (Å²) in [5.41, 5.74) is 7.81. The van der Waals surface area contributed by atoms with Gasteiger partial charge in [0, 0.05) is 22.2 Å². The summed E-state index contributed by atoms with van der Waals surface area (Å²) >= 11 is 0. The summed E-state index contributed by atoms with van der Waals surface area (Å²) in [6.45, 7) is 4.97. The fourth-order valence-electron chi connectivity index (χ4n) is 3.93. The van der Waals surface area contributed by atoms with E-state index in [9.17, 15) is 4.79 Å². The highest BCUT2D eigenvalue weighted by molar-refractivity contribution is 5.99. The zero-order valence-corrected chi connectivity index (χ0v) is 17.5. The first-order chi connectivity index (χ1) is 14.7. The minimum Gasteiger partial charge on any atom is -0.490 e. The Morgan fingerprint density at radius 2 is 1.87 bits per heavy atom. The van der Waals surface area contributed by atoms with Crippen LogP contribution in [0.3, 0.4) is 0 Å². The van der Waals surface area contributed by atoms with Gasteiger partial charge in [-0.2, -0.15) is 5.10 Å². The van der Waals surface area contributed by atoms with Crippen molar-refractivity contribution in [2.24, 2.45) is 5.10 Å².